The number of carbonyl (C=O) groups excluding carboxylic acids is 2. The van der Waals surface area contributed by atoms with Crippen molar-refractivity contribution in [3.05, 3.63) is 57.1 Å². The SMILES string of the molecule is N#Cc1c(NC(=O)COC(=O)c2cc(-c3ccc(Cl)cc3)n[nH]2)sc2c1CCC2. The van der Waals surface area contributed by atoms with Crippen LogP contribution in [0, 0.1) is 11.3 Å². The summed E-state index contributed by atoms with van der Waals surface area (Å²) in [4.78, 5) is 25.5. The molecule has 0 saturated heterocycles. The number of nitrogens with one attached hydrogen (secondary N) is 2. The van der Waals surface area contributed by atoms with Crippen LogP contribution < -0.4 is 5.32 Å². The Hall–Kier alpha value is -3.15. The van der Waals surface area contributed by atoms with Crippen LogP contribution in [0.1, 0.15) is 32.9 Å². The lowest BCUT2D eigenvalue weighted by Crippen LogP contribution is -2.21. The number of nitriles is 1. The number of H-pyrrole nitrogens is 1. The van der Waals surface area contributed by atoms with Crippen molar-refractivity contribution in [3.63, 3.8) is 0 Å². The molecule has 0 bridgehead atoms. The predicted octanol–water partition coefficient (Wildman–Crippen LogP) is 3.95. The van der Waals surface area contributed by atoms with E-state index in [1.165, 1.54) is 11.3 Å². The first-order valence-electron chi connectivity index (χ1n) is 8.88. The zero-order valence-corrected chi connectivity index (χ0v) is 16.7. The second-order valence-corrected chi connectivity index (χ2v) is 8.01. The van der Waals surface area contributed by atoms with E-state index in [-0.39, 0.29) is 5.69 Å². The number of aromatic amines is 1. The summed E-state index contributed by atoms with van der Waals surface area (Å²) in [6.07, 6.45) is 2.81. The van der Waals surface area contributed by atoms with Crippen LogP contribution >= 0.6 is 22.9 Å². The van der Waals surface area contributed by atoms with Gasteiger partial charge in [0.15, 0.2) is 6.61 Å². The molecule has 4 rings (SSSR count). The van der Waals surface area contributed by atoms with Crippen LogP contribution in [0.3, 0.4) is 0 Å². The van der Waals surface area contributed by atoms with Gasteiger partial charge in [0.05, 0.1) is 11.3 Å². The number of amides is 1. The van der Waals surface area contributed by atoms with E-state index < -0.39 is 18.5 Å². The Kier molecular flexibility index (Phi) is 5.34. The average molecular weight is 427 g/mol. The molecule has 0 radical (unpaired) electrons. The topological polar surface area (TPSA) is 108 Å². The van der Waals surface area contributed by atoms with Crippen LogP contribution in [0.15, 0.2) is 30.3 Å². The van der Waals surface area contributed by atoms with Gasteiger partial charge in [-0.25, -0.2) is 4.79 Å². The van der Waals surface area contributed by atoms with E-state index in [2.05, 4.69) is 21.6 Å². The molecule has 1 aliphatic rings. The number of carbonyl (C=O) groups is 2. The summed E-state index contributed by atoms with van der Waals surface area (Å²) in [6.45, 7) is -0.457. The highest BCUT2D eigenvalue weighted by Gasteiger charge is 2.23. The van der Waals surface area contributed by atoms with Crippen molar-refractivity contribution in [2.75, 3.05) is 11.9 Å². The molecule has 0 spiro atoms. The second kappa shape index (κ2) is 8.07. The van der Waals surface area contributed by atoms with Crippen LogP contribution in [-0.2, 0) is 22.4 Å². The number of ether oxygens (including phenoxy) is 1. The summed E-state index contributed by atoms with van der Waals surface area (Å²) in [5.41, 5.74) is 3.03. The fourth-order valence-corrected chi connectivity index (χ4v) is 4.56. The zero-order valence-electron chi connectivity index (χ0n) is 15.1. The average Bonchev–Trinajstić information content (AvgIpc) is 3.42. The fourth-order valence-electron chi connectivity index (χ4n) is 3.18. The highest BCUT2D eigenvalue weighted by atomic mass is 35.5. The first kappa shape index (κ1) is 19.2. The smallest absolute Gasteiger partial charge is 0.356 e. The van der Waals surface area contributed by atoms with Gasteiger partial charge in [0.1, 0.15) is 16.8 Å². The zero-order chi connectivity index (χ0) is 20.4. The molecule has 1 amide bonds. The van der Waals surface area contributed by atoms with Gasteiger partial charge in [-0.1, -0.05) is 23.7 Å². The van der Waals surface area contributed by atoms with Crippen molar-refractivity contribution in [2.45, 2.75) is 19.3 Å². The molecule has 1 aromatic carbocycles. The standard InChI is InChI=1S/C20H15ClN4O3S/c21-12-6-4-11(5-7-12)15-8-16(25-24-15)20(27)28-10-18(26)23-19-14(9-22)13-2-1-3-17(13)29-19/h4-8H,1-3,10H2,(H,23,26)(H,24,25). The molecule has 29 heavy (non-hydrogen) atoms. The molecule has 0 saturated carbocycles. The number of thiophene rings is 1. The molecular weight excluding hydrogens is 412 g/mol. The Morgan fingerprint density at radius 1 is 1.31 bits per heavy atom. The summed E-state index contributed by atoms with van der Waals surface area (Å²) in [5, 5.41) is 19.8. The van der Waals surface area contributed by atoms with Gasteiger partial charge < -0.3 is 10.1 Å². The number of aryl methyl sites for hydroxylation is 1. The molecule has 2 aromatic heterocycles. The number of halogens is 1. The second-order valence-electron chi connectivity index (χ2n) is 6.47. The largest absolute Gasteiger partial charge is 0.451 e. The van der Waals surface area contributed by atoms with Gasteiger partial charge in [-0.3, -0.25) is 9.89 Å². The Labute approximate surface area is 175 Å². The van der Waals surface area contributed by atoms with Gasteiger partial charge in [0, 0.05) is 15.5 Å². The molecule has 9 heteroatoms. The van der Waals surface area contributed by atoms with Gasteiger partial charge in [-0.2, -0.15) is 10.4 Å². The van der Waals surface area contributed by atoms with E-state index in [0.717, 1.165) is 35.3 Å². The lowest BCUT2D eigenvalue weighted by Gasteiger charge is -2.05. The monoisotopic (exact) mass is 426 g/mol. The van der Waals surface area contributed by atoms with E-state index in [9.17, 15) is 14.9 Å². The number of benzene rings is 1. The number of rotatable bonds is 5. The van der Waals surface area contributed by atoms with Crippen LogP contribution in [-0.4, -0.2) is 28.7 Å². The van der Waals surface area contributed by atoms with Gasteiger partial charge in [0.25, 0.3) is 5.91 Å². The summed E-state index contributed by atoms with van der Waals surface area (Å²) in [7, 11) is 0. The third kappa shape index (κ3) is 4.01. The minimum atomic E-state index is -0.693. The van der Waals surface area contributed by atoms with E-state index in [0.29, 0.717) is 21.3 Å². The molecular formula is C20H15ClN4O3S. The van der Waals surface area contributed by atoms with Crippen LogP contribution in [0.5, 0.6) is 0 Å². The van der Waals surface area contributed by atoms with Gasteiger partial charge >= 0.3 is 5.97 Å². The van der Waals surface area contributed by atoms with Crippen LogP contribution in [0.2, 0.25) is 5.02 Å². The summed E-state index contributed by atoms with van der Waals surface area (Å²) < 4.78 is 5.06. The van der Waals surface area contributed by atoms with E-state index in [1.807, 2.05) is 0 Å². The van der Waals surface area contributed by atoms with Gasteiger partial charge in [-0.05, 0) is 43.0 Å². The van der Waals surface area contributed by atoms with E-state index in [4.69, 9.17) is 16.3 Å². The normalized spacial score (nSPS) is 12.3. The minimum Gasteiger partial charge on any atom is -0.451 e. The Balaban J connectivity index is 1.36. The first-order chi connectivity index (χ1) is 14.0. The molecule has 0 unspecified atom stereocenters. The van der Waals surface area contributed by atoms with Crippen molar-refractivity contribution >= 4 is 39.8 Å². The molecule has 0 fully saturated rings. The van der Waals surface area contributed by atoms with Crippen molar-refractivity contribution in [2.24, 2.45) is 0 Å². The lowest BCUT2D eigenvalue weighted by molar-refractivity contribution is -0.119. The fraction of sp³-hybridized carbons (Fsp3) is 0.200. The summed E-state index contributed by atoms with van der Waals surface area (Å²) in [5.74, 6) is -1.19. The van der Waals surface area contributed by atoms with Gasteiger partial charge in [-0.15, -0.1) is 11.3 Å². The maximum atomic E-state index is 12.2. The van der Waals surface area contributed by atoms with Crippen molar-refractivity contribution < 1.29 is 14.3 Å². The van der Waals surface area contributed by atoms with E-state index >= 15 is 0 Å². The minimum absolute atomic E-state index is 0.135. The van der Waals surface area contributed by atoms with E-state index in [1.54, 1.807) is 30.3 Å². The third-order valence-electron chi connectivity index (χ3n) is 4.56. The number of aromatic nitrogens is 2. The van der Waals surface area contributed by atoms with Crippen molar-refractivity contribution in [1.29, 1.82) is 5.26 Å². The lowest BCUT2D eigenvalue weighted by atomic mass is 10.1. The Bertz CT molecular complexity index is 1130. The number of hydrogen-bond acceptors (Lipinski definition) is 6. The third-order valence-corrected chi connectivity index (χ3v) is 6.02. The number of hydrogen-bond donors (Lipinski definition) is 2. The molecule has 2 N–H and O–H groups in total. The van der Waals surface area contributed by atoms with Crippen molar-refractivity contribution in [3.8, 4) is 17.3 Å². The number of esters is 1. The maximum Gasteiger partial charge on any atom is 0.356 e. The molecule has 0 aliphatic heterocycles. The molecule has 0 atom stereocenters. The molecule has 7 nitrogen and oxygen atoms in total. The quantitative estimate of drug-likeness (QED) is 0.600. The highest BCUT2D eigenvalue weighted by molar-refractivity contribution is 7.16. The number of fused-ring (bicyclic) bond motifs is 1. The molecule has 1 aliphatic carbocycles. The first-order valence-corrected chi connectivity index (χ1v) is 10.1. The Morgan fingerprint density at radius 2 is 2.10 bits per heavy atom. The maximum absolute atomic E-state index is 12.2. The number of anilines is 1. The highest BCUT2D eigenvalue weighted by Crippen LogP contribution is 2.38. The predicted molar refractivity (Wildman–Crippen MR) is 109 cm³/mol. The molecule has 2 heterocycles. The summed E-state index contributed by atoms with van der Waals surface area (Å²) in [6, 6.07) is 10.7. The van der Waals surface area contributed by atoms with Gasteiger partial charge in [0.2, 0.25) is 0 Å². The molecule has 146 valence electrons. The van der Waals surface area contributed by atoms with Crippen molar-refractivity contribution in [1.82, 2.24) is 10.2 Å². The van der Waals surface area contributed by atoms with Crippen LogP contribution in [0.4, 0.5) is 5.00 Å². The Morgan fingerprint density at radius 3 is 2.86 bits per heavy atom. The number of nitrogens with zero attached hydrogens (tertiary/aromatic N) is 2. The molecule has 3 aromatic rings. The van der Waals surface area contributed by atoms with Crippen LogP contribution in [0.25, 0.3) is 11.3 Å². The summed E-state index contributed by atoms with van der Waals surface area (Å²) >= 11 is 7.28.